The largest absolute Gasteiger partial charge is 0.493 e. The van der Waals surface area contributed by atoms with E-state index >= 15 is 0 Å². The first-order chi connectivity index (χ1) is 14.8. The van der Waals surface area contributed by atoms with E-state index < -0.39 is 24.3 Å². The third-order valence-electron chi connectivity index (χ3n) is 3.96. The smallest absolute Gasteiger partial charge is 0.387 e. The van der Waals surface area contributed by atoms with Crippen LogP contribution in [0.4, 0.5) is 8.78 Å². The van der Waals surface area contributed by atoms with Gasteiger partial charge in [-0.25, -0.2) is 0 Å². The summed E-state index contributed by atoms with van der Waals surface area (Å²) in [6, 6.07) is 10.9. The lowest BCUT2D eigenvalue weighted by Gasteiger charge is -2.12. The Kier molecular flexibility index (Phi) is 8.50. The molecular formula is C21H21F2N3O5. The van der Waals surface area contributed by atoms with Crippen molar-refractivity contribution in [1.82, 2.24) is 10.6 Å². The molecule has 0 aliphatic rings. The maximum atomic E-state index is 12.7. The summed E-state index contributed by atoms with van der Waals surface area (Å²) in [5, 5.41) is 5.01. The molecule has 0 unspecified atom stereocenters. The van der Waals surface area contributed by atoms with Crippen molar-refractivity contribution in [2.75, 3.05) is 13.7 Å². The highest BCUT2D eigenvalue weighted by Gasteiger charge is 2.14. The van der Waals surface area contributed by atoms with Crippen LogP contribution in [0.25, 0.3) is 6.08 Å². The first kappa shape index (κ1) is 23.3. The number of para-hydroxylation sites is 1. The van der Waals surface area contributed by atoms with Crippen molar-refractivity contribution in [3.05, 3.63) is 65.2 Å². The van der Waals surface area contributed by atoms with Crippen LogP contribution in [-0.2, 0) is 16.1 Å². The lowest BCUT2D eigenvalue weighted by Crippen LogP contribution is -2.33. The number of alkyl halides is 2. The zero-order chi connectivity index (χ0) is 22.8. The van der Waals surface area contributed by atoms with E-state index in [2.05, 4.69) is 15.4 Å². The summed E-state index contributed by atoms with van der Waals surface area (Å²) < 4.78 is 34.8. The van der Waals surface area contributed by atoms with E-state index in [-0.39, 0.29) is 30.2 Å². The minimum absolute atomic E-state index is 0.114. The van der Waals surface area contributed by atoms with E-state index in [9.17, 15) is 23.2 Å². The third-order valence-corrected chi connectivity index (χ3v) is 3.96. The number of rotatable bonds is 10. The molecule has 164 valence electrons. The minimum atomic E-state index is -3.04. The van der Waals surface area contributed by atoms with Crippen LogP contribution < -0.4 is 25.8 Å². The summed E-state index contributed by atoms with van der Waals surface area (Å²) >= 11 is 0. The number of carbonyl (C=O) groups is 3. The normalized spacial score (nSPS) is 10.7. The Balaban J connectivity index is 1.96. The molecule has 0 bridgehead atoms. The predicted octanol–water partition coefficient (Wildman–Crippen LogP) is 1.84. The molecule has 0 radical (unpaired) electrons. The van der Waals surface area contributed by atoms with Crippen LogP contribution >= 0.6 is 0 Å². The zero-order valence-corrected chi connectivity index (χ0v) is 16.6. The molecule has 0 heterocycles. The summed E-state index contributed by atoms with van der Waals surface area (Å²) in [6.45, 7) is -3.14. The fourth-order valence-corrected chi connectivity index (χ4v) is 2.50. The molecule has 0 aliphatic carbocycles. The molecule has 0 saturated carbocycles. The molecule has 8 nitrogen and oxygen atoms in total. The molecule has 3 amide bonds. The average Bonchev–Trinajstić information content (AvgIpc) is 2.75. The Labute approximate surface area is 177 Å². The van der Waals surface area contributed by atoms with E-state index in [0.717, 1.165) is 5.56 Å². The van der Waals surface area contributed by atoms with Crippen molar-refractivity contribution in [3.8, 4) is 11.5 Å². The van der Waals surface area contributed by atoms with Gasteiger partial charge in [-0.1, -0.05) is 24.3 Å². The molecule has 2 rings (SSSR count). The Morgan fingerprint density at radius 1 is 1.10 bits per heavy atom. The number of ether oxygens (including phenoxy) is 2. The Morgan fingerprint density at radius 3 is 2.42 bits per heavy atom. The molecule has 0 atom stereocenters. The van der Waals surface area contributed by atoms with E-state index in [1.165, 1.54) is 43.5 Å². The molecular weight excluding hydrogens is 412 g/mol. The number of hydrogen-bond acceptors (Lipinski definition) is 5. The minimum Gasteiger partial charge on any atom is -0.493 e. The van der Waals surface area contributed by atoms with Crippen LogP contribution in [0.5, 0.6) is 11.5 Å². The molecule has 4 N–H and O–H groups in total. The second-order valence-electron chi connectivity index (χ2n) is 6.15. The van der Waals surface area contributed by atoms with Gasteiger partial charge in [-0.2, -0.15) is 8.78 Å². The second-order valence-corrected chi connectivity index (χ2v) is 6.15. The molecule has 2 aromatic rings. The molecule has 2 aromatic carbocycles. The Hall–Kier alpha value is -3.95. The molecule has 10 heteroatoms. The topological polar surface area (TPSA) is 120 Å². The number of primary amides is 1. The maximum absolute atomic E-state index is 12.7. The fourth-order valence-electron chi connectivity index (χ4n) is 2.50. The van der Waals surface area contributed by atoms with Crippen LogP contribution in [0.15, 0.2) is 48.5 Å². The molecule has 0 saturated heterocycles. The molecule has 0 aliphatic heterocycles. The van der Waals surface area contributed by atoms with Crippen molar-refractivity contribution in [2.24, 2.45) is 5.73 Å². The summed E-state index contributed by atoms with van der Waals surface area (Å²) in [5.74, 6) is -1.62. The SMILES string of the molecule is COc1cccc(C=CC(=O)NCc2ccc(C(=O)NCC(N)=O)cc2)c1OC(F)F. The van der Waals surface area contributed by atoms with Crippen molar-refractivity contribution in [3.63, 3.8) is 0 Å². The Morgan fingerprint density at radius 2 is 1.81 bits per heavy atom. The maximum Gasteiger partial charge on any atom is 0.387 e. The van der Waals surface area contributed by atoms with Crippen LogP contribution in [0.1, 0.15) is 21.5 Å². The zero-order valence-electron chi connectivity index (χ0n) is 16.6. The van der Waals surface area contributed by atoms with Gasteiger partial charge in [0.2, 0.25) is 11.8 Å². The van der Waals surface area contributed by atoms with Gasteiger partial charge in [0.05, 0.1) is 13.7 Å². The van der Waals surface area contributed by atoms with Crippen LogP contribution in [0.2, 0.25) is 0 Å². The second kappa shape index (κ2) is 11.3. The number of halogens is 2. The number of hydrogen-bond donors (Lipinski definition) is 3. The average molecular weight is 433 g/mol. The Bertz CT molecular complexity index is 962. The number of benzene rings is 2. The quantitative estimate of drug-likeness (QED) is 0.494. The summed E-state index contributed by atoms with van der Waals surface area (Å²) in [6.07, 6.45) is 2.51. The molecule has 31 heavy (non-hydrogen) atoms. The van der Waals surface area contributed by atoms with Gasteiger partial charge in [0.15, 0.2) is 11.5 Å². The van der Waals surface area contributed by atoms with Gasteiger partial charge in [-0.05, 0) is 29.8 Å². The molecule has 0 fully saturated rings. The van der Waals surface area contributed by atoms with E-state index in [0.29, 0.717) is 5.56 Å². The lowest BCUT2D eigenvalue weighted by atomic mass is 10.1. The first-order valence-electron chi connectivity index (χ1n) is 9.03. The van der Waals surface area contributed by atoms with E-state index in [1.54, 1.807) is 18.2 Å². The van der Waals surface area contributed by atoms with Gasteiger partial charge in [-0.3, -0.25) is 14.4 Å². The van der Waals surface area contributed by atoms with Crippen LogP contribution in [-0.4, -0.2) is 38.0 Å². The fraction of sp³-hybridized carbons (Fsp3) is 0.190. The van der Waals surface area contributed by atoms with E-state index in [4.69, 9.17) is 10.5 Å². The van der Waals surface area contributed by atoms with Crippen LogP contribution in [0, 0.1) is 0 Å². The van der Waals surface area contributed by atoms with Crippen molar-refractivity contribution < 1.29 is 32.6 Å². The van der Waals surface area contributed by atoms with Crippen molar-refractivity contribution in [1.29, 1.82) is 0 Å². The van der Waals surface area contributed by atoms with Gasteiger partial charge >= 0.3 is 6.61 Å². The number of methoxy groups -OCH3 is 1. The highest BCUT2D eigenvalue weighted by molar-refractivity contribution is 5.96. The monoisotopic (exact) mass is 433 g/mol. The molecule has 0 aromatic heterocycles. The third kappa shape index (κ3) is 7.42. The van der Waals surface area contributed by atoms with Crippen molar-refractivity contribution in [2.45, 2.75) is 13.2 Å². The van der Waals surface area contributed by atoms with Crippen molar-refractivity contribution >= 4 is 23.8 Å². The van der Waals surface area contributed by atoms with Gasteiger partial charge in [0.1, 0.15) is 0 Å². The number of nitrogens with two attached hydrogens (primary N) is 1. The van der Waals surface area contributed by atoms with Gasteiger partial charge in [0.25, 0.3) is 5.91 Å². The number of carbonyl (C=O) groups excluding carboxylic acids is 3. The summed E-state index contributed by atoms with van der Waals surface area (Å²) in [7, 11) is 1.32. The summed E-state index contributed by atoms with van der Waals surface area (Å²) in [4.78, 5) is 34.6. The molecule has 0 spiro atoms. The standard InChI is InChI=1S/C21H21F2N3O5/c1-30-16-4-2-3-14(19(16)31-21(22)23)9-10-18(28)25-11-13-5-7-15(8-6-13)20(29)26-12-17(24)27/h2-10,21H,11-12H2,1H3,(H2,24,27)(H,25,28)(H,26,29). The summed E-state index contributed by atoms with van der Waals surface area (Å²) in [5.41, 5.74) is 6.27. The van der Waals surface area contributed by atoms with Crippen LogP contribution in [0.3, 0.4) is 0 Å². The number of nitrogens with one attached hydrogen (secondary N) is 2. The predicted molar refractivity (Wildman–Crippen MR) is 108 cm³/mol. The van der Waals surface area contributed by atoms with Gasteiger partial charge in [-0.15, -0.1) is 0 Å². The van der Waals surface area contributed by atoms with E-state index in [1.807, 2.05) is 0 Å². The van der Waals surface area contributed by atoms with Gasteiger partial charge < -0.3 is 25.8 Å². The first-order valence-corrected chi connectivity index (χ1v) is 9.03. The highest BCUT2D eigenvalue weighted by atomic mass is 19.3. The lowest BCUT2D eigenvalue weighted by molar-refractivity contribution is -0.117. The highest BCUT2D eigenvalue weighted by Crippen LogP contribution is 2.33. The number of amides is 3. The van der Waals surface area contributed by atoms with Gasteiger partial charge in [0, 0.05) is 23.7 Å².